The Bertz CT molecular complexity index is 627. The van der Waals surface area contributed by atoms with Gasteiger partial charge in [-0.2, -0.15) is 0 Å². The molecule has 0 fully saturated rings. The minimum atomic E-state index is 0. The summed E-state index contributed by atoms with van der Waals surface area (Å²) in [5.74, 6) is 2.25. The number of halogens is 1. The van der Waals surface area contributed by atoms with Crippen LogP contribution in [0.25, 0.3) is 6.08 Å². The number of ether oxygens (including phenoxy) is 2. The van der Waals surface area contributed by atoms with Crippen molar-refractivity contribution in [2.75, 3.05) is 24.7 Å². The first-order valence-electron chi connectivity index (χ1n) is 5.81. The third kappa shape index (κ3) is 2.37. The molecule has 1 aromatic heterocycles. The second-order valence-electron chi connectivity index (χ2n) is 4.00. The molecular weight excluding hydrogens is 280 g/mol. The van der Waals surface area contributed by atoms with Gasteiger partial charge in [0.05, 0.1) is 26.2 Å². The Morgan fingerprint density at radius 2 is 2.05 bits per heavy atom. The lowest BCUT2D eigenvalue weighted by Gasteiger charge is -2.26. The lowest BCUT2D eigenvalue weighted by atomic mass is 10.2. The minimum absolute atomic E-state index is 0. The Morgan fingerprint density at radius 1 is 1.20 bits per heavy atom. The van der Waals surface area contributed by atoms with Crippen molar-refractivity contribution in [1.29, 1.82) is 0 Å². The summed E-state index contributed by atoms with van der Waals surface area (Å²) in [6.07, 6.45) is 5.50. The van der Waals surface area contributed by atoms with Crippen LogP contribution in [0.5, 0.6) is 11.5 Å². The number of imidazole rings is 1. The molecule has 20 heavy (non-hydrogen) atoms. The predicted octanol–water partition coefficient (Wildman–Crippen LogP) is 2.67. The van der Waals surface area contributed by atoms with Crippen molar-refractivity contribution in [2.24, 2.45) is 0 Å². The van der Waals surface area contributed by atoms with E-state index in [2.05, 4.69) is 15.4 Å². The van der Waals surface area contributed by atoms with Crippen LogP contribution < -0.4 is 19.9 Å². The highest BCUT2D eigenvalue weighted by Crippen LogP contribution is 2.34. The fraction of sp³-hybridized carbons (Fsp3) is 0.154. The maximum absolute atomic E-state index is 5.39. The fourth-order valence-electron chi connectivity index (χ4n) is 1.95. The Hall–Kier alpha value is -2.34. The number of aromatic amines is 1. The monoisotopic (exact) mass is 294 g/mol. The van der Waals surface area contributed by atoms with E-state index >= 15 is 0 Å². The van der Waals surface area contributed by atoms with Crippen LogP contribution >= 0.6 is 12.4 Å². The second kappa shape index (κ2) is 5.75. The molecule has 1 aliphatic rings. The van der Waals surface area contributed by atoms with Crippen molar-refractivity contribution in [1.82, 2.24) is 9.97 Å². The number of hydrogen-bond acceptors (Lipinski definition) is 5. The number of anilines is 2. The molecule has 0 saturated heterocycles. The normalized spacial score (nSPS) is 12.2. The van der Waals surface area contributed by atoms with E-state index in [4.69, 9.17) is 9.47 Å². The van der Waals surface area contributed by atoms with Crippen molar-refractivity contribution >= 4 is 30.0 Å². The molecule has 1 aliphatic heterocycles. The van der Waals surface area contributed by atoms with Crippen LogP contribution in [0.4, 0.5) is 11.5 Å². The van der Waals surface area contributed by atoms with Gasteiger partial charge in [0.25, 0.3) is 0 Å². The van der Waals surface area contributed by atoms with Gasteiger partial charge < -0.3 is 14.5 Å². The first-order chi connectivity index (χ1) is 9.31. The number of benzene rings is 1. The number of hydrogen-bond donors (Lipinski definition) is 2. The average molecular weight is 295 g/mol. The van der Waals surface area contributed by atoms with Gasteiger partial charge in [-0.25, -0.2) is 4.98 Å². The predicted molar refractivity (Wildman–Crippen MR) is 80.5 cm³/mol. The van der Waals surface area contributed by atoms with Crippen LogP contribution in [-0.2, 0) is 0 Å². The van der Waals surface area contributed by atoms with Gasteiger partial charge in [0, 0.05) is 12.3 Å². The molecule has 0 saturated carbocycles. The van der Waals surface area contributed by atoms with E-state index in [1.807, 2.05) is 35.5 Å². The Labute approximate surface area is 122 Å². The van der Waals surface area contributed by atoms with Crippen molar-refractivity contribution in [3.8, 4) is 11.5 Å². The van der Waals surface area contributed by atoms with Crippen LogP contribution in [0.1, 0.15) is 5.69 Å². The quantitative estimate of drug-likeness (QED) is 0.911. The number of fused-ring (bicyclic) bond motifs is 1. The van der Waals surface area contributed by atoms with Crippen LogP contribution in [0.3, 0.4) is 0 Å². The second-order valence-corrected chi connectivity index (χ2v) is 4.00. The molecule has 106 valence electrons. The van der Waals surface area contributed by atoms with Gasteiger partial charge in [0.15, 0.2) is 5.82 Å². The molecule has 3 rings (SSSR count). The summed E-state index contributed by atoms with van der Waals surface area (Å²) in [4.78, 5) is 7.23. The van der Waals surface area contributed by atoms with Gasteiger partial charge in [-0.15, -0.1) is 12.4 Å². The van der Waals surface area contributed by atoms with E-state index in [1.54, 1.807) is 20.5 Å². The first kappa shape index (κ1) is 14.1. The number of methoxy groups -OCH3 is 2. The van der Waals surface area contributed by atoms with Crippen molar-refractivity contribution < 1.29 is 9.47 Å². The maximum Gasteiger partial charge on any atom is 0.170 e. The van der Waals surface area contributed by atoms with Gasteiger partial charge in [-0.3, -0.25) is 10.4 Å². The van der Waals surface area contributed by atoms with E-state index in [9.17, 15) is 0 Å². The smallest absolute Gasteiger partial charge is 0.170 e. The number of nitrogens with one attached hydrogen (secondary N) is 2. The zero-order valence-electron chi connectivity index (χ0n) is 11.1. The molecule has 0 radical (unpaired) electrons. The van der Waals surface area contributed by atoms with E-state index in [1.165, 1.54) is 0 Å². The molecule has 2 heterocycles. The van der Waals surface area contributed by atoms with E-state index < -0.39 is 0 Å². The highest BCUT2D eigenvalue weighted by molar-refractivity contribution is 5.85. The molecule has 0 amide bonds. The molecule has 2 N–H and O–H groups in total. The highest BCUT2D eigenvalue weighted by Gasteiger charge is 2.16. The number of nitrogens with zero attached hydrogens (tertiary/aromatic N) is 2. The summed E-state index contributed by atoms with van der Waals surface area (Å²) in [7, 11) is 3.26. The van der Waals surface area contributed by atoms with E-state index in [0.717, 1.165) is 28.7 Å². The van der Waals surface area contributed by atoms with E-state index in [0.29, 0.717) is 0 Å². The molecular formula is C13H15ClN4O2. The Balaban J connectivity index is 0.00000147. The molecule has 2 aromatic rings. The minimum Gasteiger partial charge on any atom is -0.497 e. The molecule has 6 nitrogen and oxygen atoms in total. The van der Waals surface area contributed by atoms with Crippen molar-refractivity contribution in [3.05, 3.63) is 36.4 Å². The lowest BCUT2D eigenvalue weighted by Crippen LogP contribution is -2.26. The fourth-order valence-corrected chi connectivity index (χ4v) is 1.95. The summed E-state index contributed by atoms with van der Waals surface area (Å²) in [6.45, 7) is 0. The molecule has 0 aliphatic carbocycles. The van der Waals surface area contributed by atoms with Crippen LogP contribution in [0, 0.1) is 0 Å². The average Bonchev–Trinajstić information content (AvgIpc) is 2.93. The zero-order chi connectivity index (χ0) is 13.2. The topological polar surface area (TPSA) is 62.4 Å². The molecule has 0 bridgehead atoms. The van der Waals surface area contributed by atoms with Crippen LogP contribution in [-0.4, -0.2) is 24.2 Å². The van der Waals surface area contributed by atoms with Gasteiger partial charge in [0.2, 0.25) is 0 Å². The Kier molecular flexibility index (Phi) is 4.05. The van der Waals surface area contributed by atoms with Gasteiger partial charge in [0.1, 0.15) is 17.2 Å². The summed E-state index contributed by atoms with van der Waals surface area (Å²) in [6, 6.07) is 5.64. The van der Waals surface area contributed by atoms with E-state index in [-0.39, 0.29) is 12.4 Å². The number of rotatable bonds is 3. The third-order valence-electron chi connectivity index (χ3n) is 2.93. The van der Waals surface area contributed by atoms with Crippen molar-refractivity contribution in [3.63, 3.8) is 0 Å². The molecule has 0 atom stereocenters. The van der Waals surface area contributed by atoms with Gasteiger partial charge >= 0.3 is 0 Å². The molecule has 0 spiro atoms. The standard InChI is InChI=1S/C13H14N4O2.ClH/c1-18-9-3-4-11(12(7-9)19-2)17-6-5-10-13(16-17)15-8-14-10;/h3-8,16H,1-2H3,(H,14,15);1H. The number of aromatic nitrogens is 2. The van der Waals surface area contributed by atoms with Crippen LogP contribution in [0.2, 0.25) is 0 Å². The Morgan fingerprint density at radius 3 is 2.80 bits per heavy atom. The summed E-state index contributed by atoms with van der Waals surface area (Å²) in [5, 5.41) is 1.85. The maximum atomic E-state index is 5.39. The lowest BCUT2D eigenvalue weighted by molar-refractivity contribution is 0.395. The number of H-pyrrole nitrogens is 1. The summed E-state index contributed by atoms with van der Waals surface area (Å²) in [5.41, 5.74) is 5.02. The molecule has 0 unspecified atom stereocenters. The SMILES string of the molecule is COc1ccc(N2C=Cc3[nH]cnc3N2)c(OC)c1.Cl. The summed E-state index contributed by atoms with van der Waals surface area (Å²) >= 11 is 0. The summed E-state index contributed by atoms with van der Waals surface area (Å²) < 4.78 is 10.6. The van der Waals surface area contributed by atoms with Crippen molar-refractivity contribution in [2.45, 2.75) is 0 Å². The molecule has 1 aromatic carbocycles. The highest BCUT2D eigenvalue weighted by atomic mass is 35.5. The van der Waals surface area contributed by atoms with Gasteiger partial charge in [-0.1, -0.05) is 0 Å². The number of hydrazine groups is 1. The largest absolute Gasteiger partial charge is 0.497 e. The zero-order valence-corrected chi connectivity index (χ0v) is 11.9. The van der Waals surface area contributed by atoms with Gasteiger partial charge in [-0.05, 0) is 18.2 Å². The molecule has 7 heteroatoms. The third-order valence-corrected chi connectivity index (χ3v) is 2.93. The van der Waals surface area contributed by atoms with Crippen LogP contribution in [0.15, 0.2) is 30.7 Å². The first-order valence-corrected chi connectivity index (χ1v) is 5.81.